The van der Waals surface area contributed by atoms with E-state index in [2.05, 4.69) is 31.2 Å². The van der Waals surface area contributed by atoms with Crippen molar-refractivity contribution >= 4 is 21.7 Å². The zero-order chi connectivity index (χ0) is 11.9. The molecular weight excluding hydrogens is 282 g/mol. The molecule has 92 valence electrons. The number of nitrogens with zero attached hydrogens (tertiary/aromatic N) is 2. The van der Waals surface area contributed by atoms with E-state index in [0.717, 1.165) is 35.5 Å². The first-order valence-electron chi connectivity index (χ1n) is 6.15. The maximum Gasteiger partial charge on any atom is 0.135 e. The van der Waals surface area contributed by atoms with Crippen LogP contribution in [0.1, 0.15) is 43.8 Å². The van der Waals surface area contributed by atoms with Gasteiger partial charge in [-0.05, 0) is 48.0 Å². The Morgan fingerprint density at radius 3 is 2.76 bits per heavy atom. The molecule has 0 saturated heterocycles. The van der Waals surface area contributed by atoms with Crippen LogP contribution in [0.25, 0.3) is 0 Å². The van der Waals surface area contributed by atoms with Gasteiger partial charge < -0.3 is 10.4 Å². The van der Waals surface area contributed by atoms with Crippen LogP contribution in [0.5, 0.6) is 0 Å². The van der Waals surface area contributed by atoms with Gasteiger partial charge in [0.1, 0.15) is 16.2 Å². The van der Waals surface area contributed by atoms with Crippen LogP contribution in [0.3, 0.4) is 0 Å². The van der Waals surface area contributed by atoms with Gasteiger partial charge in [0, 0.05) is 18.5 Å². The van der Waals surface area contributed by atoms with Crippen LogP contribution >= 0.6 is 15.9 Å². The van der Waals surface area contributed by atoms with Gasteiger partial charge in [-0.3, -0.25) is 0 Å². The van der Waals surface area contributed by atoms with E-state index in [-0.39, 0.29) is 0 Å². The van der Waals surface area contributed by atoms with Crippen molar-refractivity contribution in [2.75, 3.05) is 11.9 Å². The molecule has 1 heterocycles. The van der Waals surface area contributed by atoms with E-state index in [1.807, 2.05) is 6.07 Å². The highest BCUT2D eigenvalue weighted by atomic mass is 79.9. The quantitative estimate of drug-likeness (QED) is 0.838. The zero-order valence-corrected chi connectivity index (χ0v) is 11.2. The van der Waals surface area contributed by atoms with Crippen molar-refractivity contribution < 1.29 is 5.11 Å². The summed E-state index contributed by atoms with van der Waals surface area (Å²) in [5.74, 6) is 2.27. The second kappa shape index (κ2) is 4.21. The van der Waals surface area contributed by atoms with Crippen molar-refractivity contribution in [2.24, 2.45) is 0 Å². The molecule has 0 atom stereocenters. The molecule has 0 aliphatic heterocycles. The number of aromatic nitrogens is 2. The molecule has 2 aliphatic carbocycles. The summed E-state index contributed by atoms with van der Waals surface area (Å²) in [6, 6.07) is 1.87. The van der Waals surface area contributed by atoms with Gasteiger partial charge in [0.2, 0.25) is 0 Å². The first kappa shape index (κ1) is 11.4. The number of nitrogens with one attached hydrogen (secondary N) is 1. The molecule has 2 saturated carbocycles. The summed E-state index contributed by atoms with van der Waals surface area (Å²) in [6.45, 7) is 0.584. The predicted octanol–water partition coefficient (Wildman–Crippen LogP) is 2.44. The summed E-state index contributed by atoms with van der Waals surface area (Å²) in [4.78, 5) is 8.87. The van der Waals surface area contributed by atoms with Gasteiger partial charge >= 0.3 is 0 Å². The average molecular weight is 298 g/mol. The monoisotopic (exact) mass is 297 g/mol. The van der Waals surface area contributed by atoms with Crippen LogP contribution in [-0.2, 0) is 0 Å². The SMILES string of the molecule is OC1(CNc2cc(Br)nc(C3CC3)n2)CCC1. The maximum absolute atomic E-state index is 10.0. The first-order valence-corrected chi connectivity index (χ1v) is 6.95. The highest BCUT2D eigenvalue weighted by Crippen LogP contribution is 2.39. The molecule has 2 N–H and O–H groups in total. The molecule has 0 amide bonds. The van der Waals surface area contributed by atoms with Gasteiger partial charge in [-0.15, -0.1) is 0 Å². The summed E-state index contributed by atoms with van der Waals surface area (Å²) in [6.07, 6.45) is 5.29. The Morgan fingerprint density at radius 2 is 2.18 bits per heavy atom. The van der Waals surface area contributed by atoms with E-state index in [1.54, 1.807) is 0 Å². The lowest BCUT2D eigenvalue weighted by Crippen LogP contribution is -2.43. The Bertz CT molecular complexity index is 430. The molecule has 0 radical (unpaired) electrons. The molecule has 0 bridgehead atoms. The highest BCUT2D eigenvalue weighted by Gasteiger charge is 2.34. The third kappa shape index (κ3) is 2.60. The van der Waals surface area contributed by atoms with Crippen molar-refractivity contribution in [3.8, 4) is 0 Å². The fourth-order valence-corrected chi connectivity index (χ4v) is 2.47. The molecule has 5 heteroatoms. The van der Waals surface area contributed by atoms with Crippen LogP contribution in [0.2, 0.25) is 0 Å². The molecule has 0 spiro atoms. The lowest BCUT2D eigenvalue weighted by atomic mass is 9.80. The summed E-state index contributed by atoms with van der Waals surface area (Å²) in [5, 5.41) is 13.2. The highest BCUT2D eigenvalue weighted by molar-refractivity contribution is 9.10. The second-order valence-electron chi connectivity index (χ2n) is 5.14. The molecule has 4 nitrogen and oxygen atoms in total. The van der Waals surface area contributed by atoms with Crippen LogP contribution in [-0.4, -0.2) is 27.2 Å². The number of hydrogen-bond donors (Lipinski definition) is 2. The third-order valence-electron chi connectivity index (χ3n) is 3.54. The summed E-state index contributed by atoms with van der Waals surface area (Å²) in [7, 11) is 0. The number of anilines is 1. The Morgan fingerprint density at radius 1 is 1.41 bits per heavy atom. The molecule has 1 aromatic heterocycles. The third-order valence-corrected chi connectivity index (χ3v) is 3.94. The minimum absolute atomic E-state index is 0.517. The number of hydrogen-bond acceptors (Lipinski definition) is 4. The van der Waals surface area contributed by atoms with Crippen molar-refractivity contribution in [1.29, 1.82) is 0 Å². The Kier molecular flexibility index (Phi) is 2.83. The second-order valence-corrected chi connectivity index (χ2v) is 5.95. The minimum Gasteiger partial charge on any atom is -0.388 e. The van der Waals surface area contributed by atoms with E-state index in [1.165, 1.54) is 12.8 Å². The van der Waals surface area contributed by atoms with E-state index in [0.29, 0.717) is 12.5 Å². The molecule has 0 unspecified atom stereocenters. The largest absolute Gasteiger partial charge is 0.388 e. The van der Waals surface area contributed by atoms with Crippen LogP contribution in [0, 0.1) is 0 Å². The Labute approximate surface area is 109 Å². The van der Waals surface area contributed by atoms with Gasteiger partial charge in [0.15, 0.2) is 0 Å². The van der Waals surface area contributed by atoms with Crippen LogP contribution in [0.15, 0.2) is 10.7 Å². The molecule has 17 heavy (non-hydrogen) atoms. The Hall–Kier alpha value is -0.680. The smallest absolute Gasteiger partial charge is 0.135 e. The average Bonchev–Trinajstić information content (AvgIpc) is 3.06. The standard InChI is InChI=1S/C12H16BrN3O/c13-9-6-10(14-7-12(17)4-1-5-12)16-11(15-9)8-2-3-8/h6,8,17H,1-5,7H2,(H,14,15,16). The first-order chi connectivity index (χ1) is 8.15. The molecular formula is C12H16BrN3O. The van der Waals surface area contributed by atoms with Crippen LogP contribution in [0.4, 0.5) is 5.82 Å². The van der Waals surface area contributed by atoms with Gasteiger partial charge in [0.05, 0.1) is 5.60 Å². The number of aliphatic hydroxyl groups is 1. The van der Waals surface area contributed by atoms with Crippen molar-refractivity contribution in [3.05, 3.63) is 16.5 Å². The Balaban J connectivity index is 1.69. The number of halogens is 1. The predicted molar refractivity (Wildman–Crippen MR) is 69.0 cm³/mol. The van der Waals surface area contributed by atoms with Crippen molar-refractivity contribution in [3.63, 3.8) is 0 Å². The summed E-state index contributed by atoms with van der Waals surface area (Å²) < 4.78 is 0.817. The van der Waals surface area contributed by atoms with E-state index in [9.17, 15) is 5.11 Å². The van der Waals surface area contributed by atoms with Crippen LogP contribution < -0.4 is 5.32 Å². The molecule has 2 fully saturated rings. The fourth-order valence-electron chi connectivity index (χ4n) is 2.07. The minimum atomic E-state index is -0.517. The van der Waals surface area contributed by atoms with Gasteiger partial charge in [-0.25, -0.2) is 9.97 Å². The topological polar surface area (TPSA) is 58.0 Å². The molecule has 1 aromatic rings. The zero-order valence-electron chi connectivity index (χ0n) is 9.62. The summed E-state index contributed by atoms with van der Waals surface area (Å²) in [5.41, 5.74) is -0.517. The number of rotatable bonds is 4. The van der Waals surface area contributed by atoms with Gasteiger partial charge in [-0.1, -0.05) is 0 Å². The van der Waals surface area contributed by atoms with Crippen molar-refractivity contribution in [2.45, 2.75) is 43.6 Å². The lowest BCUT2D eigenvalue weighted by Gasteiger charge is -2.36. The van der Waals surface area contributed by atoms with Crippen molar-refractivity contribution in [1.82, 2.24) is 9.97 Å². The molecule has 2 aliphatic rings. The summed E-state index contributed by atoms with van der Waals surface area (Å²) >= 11 is 3.41. The van der Waals surface area contributed by atoms with E-state index >= 15 is 0 Å². The van der Waals surface area contributed by atoms with E-state index in [4.69, 9.17) is 0 Å². The molecule has 0 aromatic carbocycles. The van der Waals surface area contributed by atoms with E-state index < -0.39 is 5.60 Å². The normalized spacial score (nSPS) is 22.0. The lowest BCUT2D eigenvalue weighted by molar-refractivity contribution is -0.0202. The fraction of sp³-hybridized carbons (Fsp3) is 0.667. The van der Waals surface area contributed by atoms with Gasteiger partial charge in [-0.2, -0.15) is 0 Å². The molecule has 3 rings (SSSR count). The maximum atomic E-state index is 10.0. The van der Waals surface area contributed by atoms with Gasteiger partial charge in [0.25, 0.3) is 0 Å².